The average molecular weight is 393 g/mol. The highest BCUT2D eigenvalue weighted by Gasteiger charge is 2.40. The van der Waals surface area contributed by atoms with Crippen LogP contribution >= 0.6 is 0 Å². The molecule has 148 valence electrons. The number of sulfonamides is 1. The van der Waals surface area contributed by atoms with Gasteiger partial charge in [0.05, 0.1) is 18.1 Å². The van der Waals surface area contributed by atoms with Crippen LogP contribution in [0, 0.1) is 24.7 Å². The molecule has 7 heteroatoms. The summed E-state index contributed by atoms with van der Waals surface area (Å²) >= 11 is 0. The van der Waals surface area contributed by atoms with Crippen molar-refractivity contribution >= 4 is 21.6 Å². The monoisotopic (exact) mass is 392 g/mol. The molecule has 0 spiro atoms. The van der Waals surface area contributed by atoms with Gasteiger partial charge in [-0.25, -0.2) is 8.42 Å². The molecule has 1 aliphatic heterocycles. The molecule has 27 heavy (non-hydrogen) atoms. The first-order chi connectivity index (χ1) is 12.9. The van der Waals surface area contributed by atoms with Crippen LogP contribution in [0.3, 0.4) is 0 Å². The zero-order valence-electron chi connectivity index (χ0n) is 15.8. The Morgan fingerprint density at radius 1 is 1.22 bits per heavy atom. The minimum atomic E-state index is -3.58. The van der Waals surface area contributed by atoms with Crippen molar-refractivity contribution in [3.05, 3.63) is 23.8 Å². The quantitative estimate of drug-likeness (QED) is 0.836. The Hall–Kier alpha value is -1.44. The summed E-state index contributed by atoms with van der Waals surface area (Å²) in [5.74, 6) is 2.00. The van der Waals surface area contributed by atoms with E-state index in [9.17, 15) is 13.2 Å². The van der Waals surface area contributed by atoms with Crippen molar-refractivity contribution in [3.8, 4) is 0 Å². The van der Waals surface area contributed by atoms with E-state index in [2.05, 4.69) is 5.32 Å². The summed E-state index contributed by atoms with van der Waals surface area (Å²) in [5, 5.41) is 2.92. The lowest BCUT2D eigenvalue weighted by Gasteiger charge is -2.27. The first-order valence-corrected chi connectivity index (χ1v) is 11.4. The van der Waals surface area contributed by atoms with Gasteiger partial charge >= 0.3 is 0 Å². The van der Waals surface area contributed by atoms with Gasteiger partial charge in [0.25, 0.3) is 0 Å². The molecule has 1 saturated heterocycles. The van der Waals surface area contributed by atoms with Crippen molar-refractivity contribution in [1.82, 2.24) is 4.31 Å². The second-order valence-corrected chi connectivity index (χ2v) is 10.1. The fraction of sp³-hybridized carbons (Fsp3) is 0.650. The molecule has 2 saturated carbocycles. The molecule has 1 amide bonds. The lowest BCUT2D eigenvalue weighted by molar-refractivity contribution is -0.117. The largest absolute Gasteiger partial charge is 0.379 e. The number of nitrogens with one attached hydrogen (secondary N) is 1. The number of rotatable bonds is 5. The molecule has 0 aromatic heterocycles. The van der Waals surface area contributed by atoms with Gasteiger partial charge in [-0.15, -0.1) is 0 Å². The Morgan fingerprint density at radius 3 is 2.67 bits per heavy atom. The number of benzene rings is 1. The smallest absolute Gasteiger partial charge is 0.243 e. The highest BCUT2D eigenvalue weighted by Crippen LogP contribution is 2.49. The second-order valence-electron chi connectivity index (χ2n) is 8.18. The summed E-state index contributed by atoms with van der Waals surface area (Å²) in [5.41, 5.74) is 1.24. The van der Waals surface area contributed by atoms with E-state index in [4.69, 9.17) is 4.74 Å². The first-order valence-electron chi connectivity index (χ1n) is 9.92. The summed E-state index contributed by atoms with van der Waals surface area (Å²) in [4.78, 5) is 12.8. The summed E-state index contributed by atoms with van der Waals surface area (Å²) in [6, 6.07) is 5.14. The van der Waals surface area contributed by atoms with E-state index in [-0.39, 0.29) is 10.8 Å². The van der Waals surface area contributed by atoms with Crippen LogP contribution in [0.5, 0.6) is 0 Å². The Bertz CT molecular complexity index is 817. The van der Waals surface area contributed by atoms with E-state index in [1.807, 2.05) is 0 Å². The van der Waals surface area contributed by atoms with Crippen molar-refractivity contribution < 1.29 is 17.9 Å². The third-order valence-electron chi connectivity index (χ3n) is 6.39. The maximum Gasteiger partial charge on any atom is 0.243 e. The normalized spacial score (nSPS) is 28.4. The number of carbonyl (C=O) groups excluding carboxylic acids is 1. The zero-order valence-corrected chi connectivity index (χ0v) is 16.6. The van der Waals surface area contributed by atoms with Crippen molar-refractivity contribution in [1.29, 1.82) is 0 Å². The third-order valence-corrected chi connectivity index (χ3v) is 8.43. The van der Waals surface area contributed by atoms with E-state index in [1.165, 1.54) is 30.0 Å². The number of hydrogen-bond donors (Lipinski definition) is 1. The maximum absolute atomic E-state index is 13.0. The summed E-state index contributed by atoms with van der Waals surface area (Å²) in [6.45, 7) is 3.34. The maximum atomic E-state index is 13.0. The average Bonchev–Trinajstić information content (AvgIpc) is 3.27. The van der Waals surface area contributed by atoms with Gasteiger partial charge in [0.2, 0.25) is 15.9 Å². The van der Waals surface area contributed by atoms with Crippen LogP contribution in [0.4, 0.5) is 5.69 Å². The van der Waals surface area contributed by atoms with E-state index < -0.39 is 10.0 Å². The molecule has 1 aromatic carbocycles. The predicted octanol–water partition coefficient (Wildman–Crippen LogP) is 2.78. The van der Waals surface area contributed by atoms with Gasteiger partial charge in [-0.3, -0.25) is 4.79 Å². The summed E-state index contributed by atoms with van der Waals surface area (Å²) in [7, 11) is -3.58. The molecule has 1 aromatic rings. The Kier molecular flexibility index (Phi) is 5.27. The van der Waals surface area contributed by atoms with Crippen molar-refractivity contribution in [2.24, 2.45) is 17.8 Å². The molecule has 2 aliphatic carbocycles. The minimum Gasteiger partial charge on any atom is -0.379 e. The molecule has 6 nitrogen and oxygen atoms in total. The molecule has 1 heterocycles. The molecule has 1 N–H and O–H groups in total. The van der Waals surface area contributed by atoms with Gasteiger partial charge < -0.3 is 10.1 Å². The van der Waals surface area contributed by atoms with Crippen LogP contribution in [-0.4, -0.2) is 44.9 Å². The van der Waals surface area contributed by atoms with Crippen LogP contribution in [-0.2, 0) is 19.6 Å². The first kappa shape index (κ1) is 18.9. The molecular weight excluding hydrogens is 364 g/mol. The van der Waals surface area contributed by atoms with Crippen molar-refractivity contribution in [2.75, 3.05) is 31.6 Å². The highest BCUT2D eigenvalue weighted by molar-refractivity contribution is 7.89. The number of morpholine rings is 1. The molecule has 4 rings (SSSR count). The second kappa shape index (κ2) is 7.53. The fourth-order valence-electron chi connectivity index (χ4n) is 4.96. The number of carbonyl (C=O) groups is 1. The van der Waals surface area contributed by atoms with Crippen LogP contribution in [0.15, 0.2) is 23.1 Å². The van der Waals surface area contributed by atoms with Gasteiger partial charge in [0.15, 0.2) is 0 Å². The van der Waals surface area contributed by atoms with Gasteiger partial charge in [-0.2, -0.15) is 4.31 Å². The molecule has 3 atom stereocenters. The molecule has 0 radical (unpaired) electrons. The Balaban J connectivity index is 1.46. The summed E-state index contributed by atoms with van der Waals surface area (Å²) < 4.78 is 32.7. The predicted molar refractivity (Wildman–Crippen MR) is 103 cm³/mol. The van der Waals surface area contributed by atoms with Crippen LogP contribution in [0.2, 0.25) is 0 Å². The molecule has 3 aliphatic rings. The number of ether oxygens (including phenoxy) is 1. The lowest BCUT2D eigenvalue weighted by Crippen LogP contribution is -2.40. The number of anilines is 1. The Labute approximate surface area is 161 Å². The molecule has 0 unspecified atom stereocenters. The highest BCUT2D eigenvalue weighted by atomic mass is 32.2. The lowest BCUT2D eigenvalue weighted by atomic mass is 9.86. The van der Waals surface area contributed by atoms with Gasteiger partial charge in [-0.05, 0) is 61.6 Å². The third kappa shape index (κ3) is 3.91. The van der Waals surface area contributed by atoms with Crippen molar-refractivity contribution in [2.45, 2.75) is 43.9 Å². The Morgan fingerprint density at radius 2 is 2.00 bits per heavy atom. The van der Waals surface area contributed by atoms with E-state index in [1.54, 1.807) is 25.1 Å². The fourth-order valence-corrected chi connectivity index (χ4v) is 6.62. The topological polar surface area (TPSA) is 75.7 Å². The number of hydrogen-bond acceptors (Lipinski definition) is 4. The number of nitrogens with zero attached hydrogens (tertiary/aromatic N) is 1. The standard InChI is InChI=1S/C20H28N2O4S/c1-14-2-5-18(13-19(14)27(24,25)22-6-8-26-9-7-22)21-20(23)12-17-11-15-3-4-16(17)10-15/h2,5,13,15-17H,3-4,6-12H2,1H3,(H,21,23)/t15-,16+,17-/m0/s1. The molecule has 3 fully saturated rings. The van der Waals surface area contributed by atoms with Crippen LogP contribution in [0.1, 0.15) is 37.7 Å². The van der Waals surface area contributed by atoms with Crippen LogP contribution < -0.4 is 5.32 Å². The SMILES string of the molecule is Cc1ccc(NC(=O)C[C@@H]2C[C@H]3CC[C@@H]2C3)cc1S(=O)(=O)N1CCOCC1. The van der Waals surface area contributed by atoms with Crippen LogP contribution in [0.25, 0.3) is 0 Å². The number of amides is 1. The van der Waals surface area contributed by atoms with Crippen molar-refractivity contribution in [3.63, 3.8) is 0 Å². The van der Waals surface area contributed by atoms with E-state index in [0.717, 1.165) is 5.92 Å². The molecular formula is C20H28N2O4S. The van der Waals surface area contributed by atoms with E-state index >= 15 is 0 Å². The van der Waals surface area contributed by atoms with Gasteiger partial charge in [-0.1, -0.05) is 12.5 Å². The van der Waals surface area contributed by atoms with Gasteiger partial charge in [0.1, 0.15) is 0 Å². The van der Waals surface area contributed by atoms with Gasteiger partial charge in [0, 0.05) is 25.2 Å². The molecule has 2 bridgehead atoms. The number of fused-ring (bicyclic) bond motifs is 2. The zero-order chi connectivity index (χ0) is 19.0. The van der Waals surface area contributed by atoms with E-state index in [0.29, 0.717) is 55.8 Å². The minimum absolute atomic E-state index is 0.00822. The summed E-state index contributed by atoms with van der Waals surface area (Å²) in [6.07, 6.45) is 5.58. The number of aryl methyl sites for hydroxylation is 1.